The number of aromatic nitrogens is 2. The summed E-state index contributed by atoms with van der Waals surface area (Å²) < 4.78 is 27.2. The minimum atomic E-state index is -3.62. The second kappa shape index (κ2) is 4.92. The summed E-state index contributed by atoms with van der Waals surface area (Å²) in [6.45, 7) is 3.31. The molecule has 7 heteroatoms. The molecule has 20 heavy (non-hydrogen) atoms. The number of hydrogen-bond donors (Lipinski definition) is 3. The summed E-state index contributed by atoms with van der Waals surface area (Å²) >= 11 is 0. The van der Waals surface area contributed by atoms with Crippen molar-refractivity contribution in [2.75, 3.05) is 11.3 Å². The van der Waals surface area contributed by atoms with E-state index in [1.54, 1.807) is 13.0 Å². The average Bonchev–Trinajstić information content (AvgIpc) is 2.86. The van der Waals surface area contributed by atoms with Gasteiger partial charge in [0.15, 0.2) is 5.03 Å². The van der Waals surface area contributed by atoms with Gasteiger partial charge in [0.05, 0.1) is 11.9 Å². The first-order valence-electron chi connectivity index (χ1n) is 6.42. The van der Waals surface area contributed by atoms with Crippen molar-refractivity contribution in [3.8, 4) is 0 Å². The van der Waals surface area contributed by atoms with Crippen LogP contribution in [-0.4, -0.2) is 24.9 Å². The molecule has 1 aliphatic rings. The molecule has 0 radical (unpaired) electrons. The summed E-state index contributed by atoms with van der Waals surface area (Å²) in [5, 5.41) is 3.34. The molecule has 0 spiro atoms. The number of anilines is 1. The molecule has 1 aromatic heterocycles. The fraction of sp³-hybridized carbons (Fsp3) is 0.308. The van der Waals surface area contributed by atoms with Gasteiger partial charge in [-0.25, -0.2) is 4.98 Å². The highest BCUT2D eigenvalue weighted by molar-refractivity contribution is 7.92. The molecule has 6 nitrogen and oxygen atoms in total. The fourth-order valence-corrected chi connectivity index (χ4v) is 3.41. The van der Waals surface area contributed by atoms with E-state index in [0.29, 0.717) is 18.1 Å². The summed E-state index contributed by atoms with van der Waals surface area (Å²) in [6.07, 6.45) is 2.24. The van der Waals surface area contributed by atoms with Gasteiger partial charge in [-0.05, 0) is 37.1 Å². The number of nitrogens with zero attached hydrogens (tertiary/aromatic N) is 1. The van der Waals surface area contributed by atoms with E-state index < -0.39 is 10.0 Å². The van der Waals surface area contributed by atoms with Crippen LogP contribution in [-0.2, 0) is 23.0 Å². The molecule has 1 aliphatic heterocycles. The molecular formula is C13H16N4O2S. The number of hydrogen-bond acceptors (Lipinski definition) is 4. The van der Waals surface area contributed by atoms with Crippen molar-refractivity contribution >= 4 is 15.7 Å². The second-order valence-corrected chi connectivity index (χ2v) is 6.46. The zero-order valence-electron chi connectivity index (χ0n) is 11.1. The van der Waals surface area contributed by atoms with Crippen LogP contribution < -0.4 is 10.0 Å². The molecule has 0 aliphatic carbocycles. The van der Waals surface area contributed by atoms with Gasteiger partial charge in [0.2, 0.25) is 0 Å². The van der Waals surface area contributed by atoms with Gasteiger partial charge in [0.1, 0.15) is 5.82 Å². The quantitative estimate of drug-likeness (QED) is 0.792. The van der Waals surface area contributed by atoms with Crippen molar-refractivity contribution in [1.29, 1.82) is 0 Å². The lowest BCUT2D eigenvalue weighted by molar-refractivity contribution is 0.597. The van der Waals surface area contributed by atoms with Gasteiger partial charge in [-0.2, -0.15) is 8.42 Å². The van der Waals surface area contributed by atoms with Crippen LogP contribution in [0.2, 0.25) is 0 Å². The molecule has 0 saturated carbocycles. The standard InChI is InChI=1S/C13H16N4O2S/c1-9-15-8-13(16-9)20(18,19)17-12-4-2-3-10-5-6-14-7-11(10)12/h2-4,8,14,17H,5-7H2,1H3,(H,15,16). The Morgan fingerprint density at radius 2 is 2.20 bits per heavy atom. The Hall–Kier alpha value is -1.86. The van der Waals surface area contributed by atoms with E-state index >= 15 is 0 Å². The van der Waals surface area contributed by atoms with Gasteiger partial charge in [-0.15, -0.1) is 0 Å². The predicted octanol–water partition coefficient (Wildman–Crippen LogP) is 1.16. The molecule has 3 rings (SSSR count). The third-order valence-electron chi connectivity index (χ3n) is 3.36. The van der Waals surface area contributed by atoms with Crippen molar-refractivity contribution in [3.63, 3.8) is 0 Å². The molecule has 0 fully saturated rings. The molecule has 0 unspecified atom stereocenters. The topological polar surface area (TPSA) is 86.9 Å². The Balaban J connectivity index is 1.95. The maximum Gasteiger partial charge on any atom is 0.278 e. The zero-order valence-corrected chi connectivity index (χ0v) is 11.9. The van der Waals surface area contributed by atoms with Crippen molar-refractivity contribution in [1.82, 2.24) is 15.3 Å². The Morgan fingerprint density at radius 3 is 2.95 bits per heavy atom. The van der Waals surface area contributed by atoms with Crippen LogP contribution in [0.5, 0.6) is 0 Å². The van der Waals surface area contributed by atoms with Crippen LogP contribution in [0.15, 0.2) is 29.4 Å². The summed E-state index contributed by atoms with van der Waals surface area (Å²) in [4.78, 5) is 6.66. The van der Waals surface area contributed by atoms with E-state index in [0.717, 1.165) is 18.5 Å². The third kappa shape index (κ3) is 2.41. The molecule has 0 atom stereocenters. The Morgan fingerprint density at radius 1 is 1.35 bits per heavy atom. The molecular weight excluding hydrogens is 276 g/mol. The normalized spacial score (nSPS) is 14.8. The fourth-order valence-electron chi connectivity index (χ4n) is 2.34. The van der Waals surface area contributed by atoms with E-state index in [4.69, 9.17) is 0 Å². The van der Waals surface area contributed by atoms with Gasteiger partial charge < -0.3 is 10.3 Å². The number of sulfonamides is 1. The minimum absolute atomic E-state index is 0.0800. The second-order valence-electron chi connectivity index (χ2n) is 4.81. The van der Waals surface area contributed by atoms with Crippen LogP contribution in [0.25, 0.3) is 0 Å². The lowest BCUT2D eigenvalue weighted by atomic mass is 10.00. The van der Waals surface area contributed by atoms with Crippen LogP contribution in [0.3, 0.4) is 0 Å². The predicted molar refractivity (Wildman–Crippen MR) is 76.0 cm³/mol. The lowest BCUT2D eigenvalue weighted by Gasteiger charge is -2.20. The van der Waals surface area contributed by atoms with E-state index in [2.05, 4.69) is 20.0 Å². The van der Waals surface area contributed by atoms with Crippen molar-refractivity contribution < 1.29 is 8.42 Å². The van der Waals surface area contributed by atoms with Gasteiger partial charge >= 0.3 is 0 Å². The highest BCUT2D eigenvalue weighted by Crippen LogP contribution is 2.25. The zero-order chi connectivity index (χ0) is 14.2. The number of nitrogens with one attached hydrogen (secondary N) is 3. The number of benzene rings is 1. The molecule has 2 aromatic rings. The van der Waals surface area contributed by atoms with Gasteiger partial charge in [-0.1, -0.05) is 12.1 Å². The third-order valence-corrected chi connectivity index (χ3v) is 4.63. The largest absolute Gasteiger partial charge is 0.332 e. The van der Waals surface area contributed by atoms with E-state index in [-0.39, 0.29) is 5.03 Å². The van der Waals surface area contributed by atoms with Crippen molar-refractivity contribution in [2.45, 2.75) is 24.9 Å². The Kier molecular flexibility index (Phi) is 3.23. The van der Waals surface area contributed by atoms with Gasteiger partial charge in [0, 0.05) is 6.54 Å². The average molecular weight is 292 g/mol. The molecule has 3 N–H and O–H groups in total. The number of aryl methyl sites for hydroxylation is 1. The monoisotopic (exact) mass is 292 g/mol. The van der Waals surface area contributed by atoms with E-state index in [1.807, 2.05) is 12.1 Å². The van der Waals surface area contributed by atoms with Crippen molar-refractivity contribution in [2.24, 2.45) is 0 Å². The molecule has 0 amide bonds. The summed E-state index contributed by atoms with van der Waals surface area (Å²) in [7, 11) is -3.62. The summed E-state index contributed by atoms with van der Waals surface area (Å²) in [5.41, 5.74) is 2.82. The number of rotatable bonds is 3. The van der Waals surface area contributed by atoms with Crippen LogP contribution >= 0.6 is 0 Å². The minimum Gasteiger partial charge on any atom is -0.332 e. The smallest absolute Gasteiger partial charge is 0.278 e. The van der Waals surface area contributed by atoms with Crippen LogP contribution in [0, 0.1) is 6.92 Å². The maximum atomic E-state index is 12.3. The SMILES string of the molecule is Cc1ncc(S(=O)(=O)Nc2cccc3c2CNCC3)[nH]1. The van der Waals surface area contributed by atoms with Crippen molar-refractivity contribution in [3.05, 3.63) is 41.3 Å². The summed E-state index contributed by atoms with van der Waals surface area (Å²) in [6, 6.07) is 5.70. The number of fused-ring (bicyclic) bond motifs is 1. The van der Waals surface area contributed by atoms with Gasteiger partial charge in [-0.3, -0.25) is 4.72 Å². The maximum absolute atomic E-state index is 12.3. The number of imidazole rings is 1. The lowest BCUT2D eigenvalue weighted by Crippen LogP contribution is -2.25. The molecule has 106 valence electrons. The molecule has 2 heterocycles. The van der Waals surface area contributed by atoms with Crippen LogP contribution in [0.1, 0.15) is 17.0 Å². The van der Waals surface area contributed by atoms with Crippen LogP contribution in [0.4, 0.5) is 5.69 Å². The Bertz CT molecular complexity index is 737. The highest BCUT2D eigenvalue weighted by Gasteiger charge is 2.20. The summed E-state index contributed by atoms with van der Waals surface area (Å²) in [5.74, 6) is 0.571. The highest BCUT2D eigenvalue weighted by atomic mass is 32.2. The molecule has 0 bridgehead atoms. The van der Waals surface area contributed by atoms with Gasteiger partial charge in [0.25, 0.3) is 10.0 Å². The first kappa shape index (κ1) is 13.1. The van der Waals surface area contributed by atoms with E-state index in [1.165, 1.54) is 11.8 Å². The number of H-pyrrole nitrogens is 1. The first-order chi connectivity index (χ1) is 9.56. The molecule has 0 saturated heterocycles. The molecule has 1 aromatic carbocycles. The first-order valence-corrected chi connectivity index (χ1v) is 7.90. The van der Waals surface area contributed by atoms with E-state index in [9.17, 15) is 8.42 Å². The number of aromatic amines is 1. The Labute approximate surface area is 117 Å².